The van der Waals surface area contributed by atoms with Gasteiger partial charge in [0.15, 0.2) is 5.78 Å². The number of rotatable bonds is 9. The lowest BCUT2D eigenvalue weighted by Crippen LogP contribution is -2.42. The Balaban J connectivity index is 1.49. The number of ether oxygens (including phenoxy) is 1. The van der Waals surface area contributed by atoms with Crippen LogP contribution in [0.25, 0.3) is 0 Å². The van der Waals surface area contributed by atoms with Gasteiger partial charge < -0.3 is 4.74 Å². The van der Waals surface area contributed by atoms with Crippen LogP contribution in [0.3, 0.4) is 0 Å². The van der Waals surface area contributed by atoms with Crippen molar-refractivity contribution in [2.45, 2.75) is 24.8 Å². The van der Waals surface area contributed by atoms with E-state index in [0.717, 1.165) is 5.56 Å². The Kier molecular flexibility index (Phi) is 8.34. The minimum Gasteiger partial charge on any atom is -0.497 e. The van der Waals surface area contributed by atoms with Crippen molar-refractivity contribution in [3.63, 3.8) is 0 Å². The number of sulfonamides is 1. The zero-order valence-electron chi connectivity index (χ0n) is 19.2. The second-order valence-corrected chi connectivity index (χ2v) is 9.40. The van der Waals surface area contributed by atoms with Crippen LogP contribution < -0.4 is 20.3 Å². The Labute approximate surface area is 203 Å². The normalized spacial score (nSPS) is 10.9. The fourth-order valence-electron chi connectivity index (χ4n) is 3.08. The van der Waals surface area contributed by atoms with Gasteiger partial charge in [-0.2, -0.15) is 0 Å². The van der Waals surface area contributed by atoms with E-state index in [1.54, 1.807) is 43.5 Å². The lowest BCUT2D eigenvalue weighted by Gasteiger charge is -2.10. The number of benzene rings is 3. The van der Waals surface area contributed by atoms with Crippen LogP contribution in [0.15, 0.2) is 77.7 Å². The van der Waals surface area contributed by atoms with Gasteiger partial charge in [-0.15, -0.1) is 0 Å². The maximum Gasteiger partial charge on any atom is 0.269 e. The van der Waals surface area contributed by atoms with Gasteiger partial charge in [0, 0.05) is 17.7 Å². The number of ketones is 1. The average molecular weight is 496 g/mol. The molecule has 182 valence electrons. The third-order valence-electron chi connectivity index (χ3n) is 5.09. The molecule has 9 nitrogen and oxygen atoms in total. The molecule has 3 rings (SSSR count). The van der Waals surface area contributed by atoms with Gasteiger partial charge in [0.25, 0.3) is 5.91 Å². The fraction of sp³-hybridized carbons (Fsp3) is 0.160. The Morgan fingerprint density at radius 2 is 1.34 bits per heavy atom. The SMILES string of the molecule is COc1ccc(CC(=O)NNC(=O)c2ccc(CNS(=O)(=O)c3ccc(C(C)=O)cc3)cc2)cc1. The van der Waals surface area contributed by atoms with Crippen molar-refractivity contribution in [1.29, 1.82) is 0 Å². The van der Waals surface area contributed by atoms with Gasteiger partial charge in [-0.25, -0.2) is 13.1 Å². The molecule has 0 aliphatic carbocycles. The molecule has 0 heterocycles. The van der Waals surface area contributed by atoms with Gasteiger partial charge >= 0.3 is 0 Å². The number of hydrogen-bond acceptors (Lipinski definition) is 6. The van der Waals surface area contributed by atoms with Gasteiger partial charge in [-0.3, -0.25) is 25.2 Å². The first kappa shape index (κ1) is 25.6. The predicted octanol–water partition coefficient (Wildman–Crippen LogP) is 2.38. The Bertz CT molecular complexity index is 1300. The van der Waals surface area contributed by atoms with Crippen molar-refractivity contribution in [1.82, 2.24) is 15.6 Å². The highest BCUT2D eigenvalue weighted by atomic mass is 32.2. The second-order valence-electron chi connectivity index (χ2n) is 7.63. The number of carbonyl (C=O) groups is 3. The van der Waals surface area contributed by atoms with Gasteiger partial charge in [-0.1, -0.05) is 36.4 Å². The summed E-state index contributed by atoms with van der Waals surface area (Å²) < 4.78 is 32.5. The largest absolute Gasteiger partial charge is 0.497 e. The summed E-state index contributed by atoms with van der Waals surface area (Å²) in [4.78, 5) is 35.8. The van der Waals surface area contributed by atoms with Crippen LogP contribution >= 0.6 is 0 Å². The molecular weight excluding hydrogens is 470 g/mol. The molecule has 0 unspecified atom stereocenters. The van der Waals surface area contributed by atoms with Crippen LogP contribution in [0.1, 0.15) is 38.8 Å². The van der Waals surface area contributed by atoms with Crippen molar-refractivity contribution >= 4 is 27.6 Å². The minimum absolute atomic E-state index is 0.0112. The number of Topliss-reactive ketones (excluding diaryl/α,β-unsaturated/α-hetero) is 1. The van der Waals surface area contributed by atoms with Crippen LogP contribution in [0.4, 0.5) is 0 Å². The fourth-order valence-corrected chi connectivity index (χ4v) is 4.09. The first-order chi connectivity index (χ1) is 16.7. The summed E-state index contributed by atoms with van der Waals surface area (Å²) in [7, 11) is -2.22. The molecule has 3 N–H and O–H groups in total. The summed E-state index contributed by atoms with van der Waals surface area (Å²) in [6.07, 6.45) is 0.0842. The number of hydrogen-bond donors (Lipinski definition) is 3. The van der Waals surface area contributed by atoms with E-state index in [2.05, 4.69) is 15.6 Å². The average Bonchev–Trinajstić information content (AvgIpc) is 2.87. The molecule has 0 saturated heterocycles. The van der Waals surface area contributed by atoms with Crippen LogP contribution in [0, 0.1) is 0 Å². The maximum atomic E-state index is 12.5. The number of amides is 2. The number of methoxy groups -OCH3 is 1. The molecule has 3 aromatic rings. The number of nitrogens with one attached hydrogen (secondary N) is 3. The first-order valence-corrected chi connectivity index (χ1v) is 12.1. The Morgan fingerprint density at radius 3 is 1.91 bits per heavy atom. The lowest BCUT2D eigenvalue weighted by atomic mass is 10.1. The van der Waals surface area contributed by atoms with Crippen LogP contribution in [0.2, 0.25) is 0 Å². The van der Waals surface area contributed by atoms with Gasteiger partial charge in [0.05, 0.1) is 18.4 Å². The molecule has 0 aliphatic heterocycles. The summed E-state index contributed by atoms with van der Waals surface area (Å²) in [6.45, 7) is 1.42. The molecule has 0 fully saturated rings. The number of hydrazine groups is 1. The quantitative estimate of drug-likeness (QED) is 0.309. The van der Waals surface area contributed by atoms with Crippen molar-refractivity contribution in [3.8, 4) is 5.75 Å². The van der Waals surface area contributed by atoms with E-state index in [0.29, 0.717) is 22.4 Å². The van der Waals surface area contributed by atoms with Crippen LogP contribution in [-0.2, 0) is 27.8 Å². The highest BCUT2D eigenvalue weighted by molar-refractivity contribution is 7.89. The van der Waals surface area contributed by atoms with Crippen molar-refractivity contribution in [3.05, 3.63) is 95.1 Å². The molecule has 0 bridgehead atoms. The van der Waals surface area contributed by atoms with Crippen LogP contribution in [0.5, 0.6) is 5.75 Å². The number of carbonyl (C=O) groups excluding carboxylic acids is 3. The van der Waals surface area contributed by atoms with E-state index in [1.807, 2.05) is 0 Å². The zero-order chi connectivity index (χ0) is 25.4. The summed E-state index contributed by atoms with van der Waals surface area (Å²) >= 11 is 0. The molecule has 0 atom stereocenters. The molecule has 2 amide bonds. The molecule has 10 heteroatoms. The third-order valence-corrected chi connectivity index (χ3v) is 6.51. The standard InChI is InChI=1S/C25H25N3O6S/c1-17(29)20-9-13-23(14-10-20)35(32,33)26-16-19-3-7-21(8-4-19)25(31)28-27-24(30)15-18-5-11-22(34-2)12-6-18/h3-14,26H,15-16H2,1-2H3,(H,27,30)(H,28,31). The smallest absolute Gasteiger partial charge is 0.269 e. The highest BCUT2D eigenvalue weighted by Gasteiger charge is 2.14. The molecule has 3 aromatic carbocycles. The molecule has 0 aliphatic rings. The molecule has 0 radical (unpaired) electrons. The van der Waals surface area contributed by atoms with E-state index in [1.165, 1.54) is 43.3 Å². The highest BCUT2D eigenvalue weighted by Crippen LogP contribution is 2.13. The van der Waals surface area contributed by atoms with Gasteiger partial charge in [0.2, 0.25) is 15.9 Å². The monoisotopic (exact) mass is 495 g/mol. The molecule has 0 saturated carbocycles. The molecule has 0 spiro atoms. The van der Waals surface area contributed by atoms with E-state index in [4.69, 9.17) is 4.74 Å². The van der Waals surface area contributed by atoms with E-state index >= 15 is 0 Å². The Morgan fingerprint density at radius 1 is 0.771 bits per heavy atom. The lowest BCUT2D eigenvalue weighted by molar-refractivity contribution is -0.121. The Hall–Kier alpha value is -4.02. The van der Waals surface area contributed by atoms with E-state index < -0.39 is 15.9 Å². The summed E-state index contributed by atoms with van der Waals surface area (Å²) in [6, 6.07) is 18.9. The van der Waals surface area contributed by atoms with Crippen molar-refractivity contribution < 1.29 is 27.5 Å². The maximum absolute atomic E-state index is 12.5. The van der Waals surface area contributed by atoms with Gasteiger partial charge in [0.1, 0.15) is 5.75 Å². The topological polar surface area (TPSA) is 131 Å². The molecular formula is C25H25N3O6S. The second kappa shape index (κ2) is 11.4. The summed E-state index contributed by atoms with van der Waals surface area (Å²) in [5.74, 6) is -0.360. The summed E-state index contributed by atoms with van der Waals surface area (Å²) in [5.41, 5.74) is 6.83. The van der Waals surface area contributed by atoms with Gasteiger partial charge in [-0.05, 0) is 54.4 Å². The van der Waals surface area contributed by atoms with Crippen molar-refractivity contribution in [2.24, 2.45) is 0 Å². The van der Waals surface area contributed by atoms with Crippen LogP contribution in [-0.4, -0.2) is 33.1 Å². The minimum atomic E-state index is -3.77. The zero-order valence-corrected chi connectivity index (χ0v) is 20.0. The third kappa shape index (κ3) is 7.23. The predicted molar refractivity (Wildman–Crippen MR) is 129 cm³/mol. The van der Waals surface area contributed by atoms with Crippen molar-refractivity contribution in [2.75, 3.05) is 7.11 Å². The van der Waals surface area contributed by atoms with E-state index in [9.17, 15) is 22.8 Å². The molecule has 0 aromatic heterocycles. The van der Waals surface area contributed by atoms with E-state index in [-0.39, 0.29) is 29.6 Å². The summed E-state index contributed by atoms with van der Waals surface area (Å²) in [5, 5.41) is 0. The molecule has 35 heavy (non-hydrogen) atoms. The first-order valence-electron chi connectivity index (χ1n) is 10.6.